The van der Waals surface area contributed by atoms with Crippen LogP contribution in [-0.4, -0.2) is 80.9 Å². The highest BCUT2D eigenvalue weighted by atomic mass is 35.5. The molecule has 3 aliphatic heterocycles. The minimum atomic E-state index is -4.04. The largest absolute Gasteiger partial charge is 0.489 e. The maximum Gasteiger partial charge on any atom is 0.229 e. The van der Waals surface area contributed by atoms with E-state index in [4.69, 9.17) is 57.8 Å². The summed E-state index contributed by atoms with van der Waals surface area (Å²) in [5.41, 5.74) is 17.5. The molecule has 74 heavy (non-hydrogen) atoms. The van der Waals surface area contributed by atoms with E-state index in [1.807, 2.05) is 60.6 Å². The average Bonchev–Trinajstić information content (AvgIpc) is 1.55. The first-order chi connectivity index (χ1) is 40.6. The van der Waals surface area contributed by atoms with Gasteiger partial charge in [0.15, 0.2) is 15.7 Å². The molecule has 0 saturated carbocycles. The lowest BCUT2D eigenvalue weighted by Crippen LogP contribution is -2.27. The number of benzene rings is 4. The fourth-order valence-corrected chi connectivity index (χ4v) is 9.60. The van der Waals surface area contributed by atoms with Crippen LogP contribution in [0.25, 0.3) is 0 Å². The Kier molecular flexibility index (Phi) is 14.6. The number of nitrogens with one attached hydrogen (secondary N) is 5. The molecule has 3 saturated heterocycles. The lowest BCUT2D eigenvalue weighted by molar-refractivity contribution is 0.243. The predicted molar refractivity (Wildman–Crippen MR) is 307 cm³/mol. The molecule has 1 aromatic heterocycles. The van der Waals surface area contributed by atoms with Crippen LogP contribution in [-0.2, 0) is 9.84 Å². The second-order valence-electron chi connectivity index (χ2n) is 19.3. The third-order valence-corrected chi connectivity index (χ3v) is 14.2. The first-order valence-corrected chi connectivity index (χ1v) is 26.7. The summed E-state index contributed by atoms with van der Waals surface area (Å²) in [5.74, 6) is 0.304. The monoisotopic (exact) mass is 1070 g/mol. The number of hydrogen-bond acceptors (Lipinski definition) is 14. The van der Waals surface area contributed by atoms with E-state index >= 15 is 0 Å². The van der Waals surface area contributed by atoms with Crippen molar-refractivity contribution in [3.63, 3.8) is 0 Å². The molecule has 14 nitrogen and oxygen atoms in total. The Morgan fingerprint density at radius 2 is 1.09 bits per heavy atom. The number of ether oxygens (including phenoxy) is 3. The zero-order valence-corrected chi connectivity index (χ0v) is 45.9. The predicted octanol–water partition coefficient (Wildman–Crippen LogP) is 12.0. The molecule has 16 heteroatoms. The third kappa shape index (κ3) is 15.9. The number of aryl methyl sites for hydroxylation is 1. The van der Waals surface area contributed by atoms with Crippen LogP contribution in [0.3, 0.4) is 0 Å². The van der Waals surface area contributed by atoms with E-state index in [0.717, 1.165) is 16.7 Å². The molecule has 0 bridgehead atoms. The number of nitrogens with two attached hydrogens (primary N) is 2. The van der Waals surface area contributed by atoms with Crippen LogP contribution in [0, 0.1) is 20.8 Å². The Morgan fingerprint density at radius 1 is 0.649 bits per heavy atom. The summed E-state index contributed by atoms with van der Waals surface area (Å²) in [7, 11) is -4.04. The smallest absolute Gasteiger partial charge is 0.229 e. The molecule has 0 spiro atoms. The Labute approximate surface area is 468 Å². The molecule has 3 fully saturated rings. The number of hydrogen-bond donors (Lipinski definition) is 7. The van der Waals surface area contributed by atoms with Gasteiger partial charge < -0.3 is 52.3 Å². The molecule has 4 heterocycles. The minimum absolute atomic E-state index is 0.0104. The molecule has 9 N–H and O–H groups in total. The Hall–Kier alpha value is -5.32. The van der Waals surface area contributed by atoms with Crippen LogP contribution in [0.15, 0.2) is 71.7 Å². The molecule has 3 aliphatic rings. The number of rotatable bonds is 15. The Morgan fingerprint density at radius 3 is 1.59 bits per heavy atom. The summed E-state index contributed by atoms with van der Waals surface area (Å²) in [5, 5.41) is 11.5. The number of para-hydroxylation sites is 1. The van der Waals surface area contributed by atoms with Crippen LogP contribution in [0.5, 0.6) is 17.2 Å². The highest BCUT2D eigenvalue weighted by Crippen LogP contribution is 2.39. The summed E-state index contributed by atoms with van der Waals surface area (Å²) >= 11 is 6.39. The van der Waals surface area contributed by atoms with Gasteiger partial charge in [-0.1, -0.05) is 23.7 Å². The first kappa shape index (κ1) is 40.0. The van der Waals surface area contributed by atoms with Crippen LogP contribution in [0.4, 0.5) is 34.5 Å². The summed E-state index contributed by atoms with van der Waals surface area (Å²) in [6.45, 7) is 8.22. The fraction of sp³-hybridized carbons (Fsp3) is 0.517. The minimum Gasteiger partial charge on any atom is -0.489 e. The van der Waals surface area contributed by atoms with Gasteiger partial charge in [-0.05, 0) is 253 Å². The molecule has 0 radical (unpaired) electrons. The van der Waals surface area contributed by atoms with Crippen molar-refractivity contribution in [1.29, 1.82) is 0 Å². The van der Waals surface area contributed by atoms with Crippen molar-refractivity contribution in [2.45, 2.75) is 161 Å². The molecule has 0 unspecified atom stereocenters. The molecular weight excluding hydrogens is 970 g/mol. The lowest BCUT2D eigenvalue weighted by atomic mass is 9.87. The van der Waals surface area contributed by atoms with Gasteiger partial charge >= 0.3 is 0 Å². The lowest BCUT2D eigenvalue weighted by Gasteiger charge is -2.26. The standard InChI is InChI=1S/C28H36ClN5O3S.2C15H24N2O/c1-17(2)37-25-15-21(20-10-12-30-13-11-20)19(5)14-24(25)33-28-31-16-22(29)27(34-28)32-23-8-6-7-9-26(23)38(35,36)18(3)4;2*1-10(2)18-15-9-13(11(3)8-14(15)16)12-4-6-17-7-5-12/h6-9,14-18,20,30H,10-13H2,1-5H3,(H2,31,32,33,34);2*8-10,12,17H,4-7,16H2,1-3H3/i12D2,13D2,14D,18D;6D2,7D2,8D;6D2,7D2. The van der Waals surface area contributed by atoms with Crippen molar-refractivity contribution in [2.24, 2.45) is 0 Å². The van der Waals surface area contributed by atoms with Gasteiger partial charge in [-0.15, -0.1) is 0 Å². The van der Waals surface area contributed by atoms with Gasteiger partial charge in [-0.25, -0.2) is 13.4 Å². The van der Waals surface area contributed by atoms with Gasteiger partial charge in [0.25, 0.3) is 0 Å². The number of sulfone groups is 1. The quantitative estimate of drug-likeness (QED) is 0.0489. The number of aromatic nitrogens is 2. The number of nitrogens with zero attached hydrogens (tertiary/aromatic N) is 2. The van der Waals surface area contributed by atoms with Crippen molar-refractivity contribution >= 4 is 56.0 Å². The van der Waals surface area contributed by atoms with Gasteiger partial charge in [0, 0.05) is 17.8 Å². The van der Waals surface area contributed by atoms with E-state index in [0.29, 0.717) is 33.9 Å². The van der Waals surface area contributed by atoms with Crippen molar-refractivity contribution in [1.82, 2.24) is 25.9 Å². The van der Waals surface area contributed by atoms with Crippen LogP contribution in [0.1, 0.15) is 166 Å². The SMILES string of the molecule is [2H]C1([2H])CC(c2cc(OC(C)C)c(N)cc2C)CC([2H])([2H])N1.[2H]c1c(C)c(C2CC([2H])([2H])NC([2H])([2H])C2)cc(OC(C)C)c1N.[2H]c1c(C)c(C2CC([2H])([2H])NC([2H])([2H])C2)cc(OC(C)C)c1Nc1ncc(Cl)c(Nc2ccccc2S(=O)(=O)C([2H])(C)C)n1. The van der Waals surface area contributed by atoms with Gasteiger partial charge in [0.2, 0.25) is 5.95 Å². The summed E-state index contributed by atoms with van der Waals surface area (Å²) < 4.78 is 165. The second kappa shape index (κ2) is 26.9. The van der Waals surface area contributed by atoms with E-state index in [1.165, 1.54) is 32.2 Å². The topological polar surface area (TPSA) is 200 Å². The number of halogens is 1. The number of anilines is 6. The first-order valence-electron chi connectivity index (χ1n) is 32.3. The molecule has 0 atom stereocenters. The fourth-order valence-electron chi connectivity index (χ4n) is 8.35. The molecule has 0 aliphatic carbocycles. The normalized spacial score (nSPS) is 23.0. The van der Waals surface area contributed by atoms with Crippen LogP contribution in [0.2, 0.25) is 5.02 Å². The average molecular weight is 1070 g/mol. The van der Waals surface area contributed by atoms with E-state index in [1.54, 1.807) is 38.1 Å². The van der Waals surface area contributed by atoms with Gasteiger partial charge in [0.1, 0.15) is 22.3 Å². The second-order valence-corrected chi connectivity index (χ2v) is 21.9. The van der Waals surface area contributed by atoms with E-state index in [9.17, 15) is 8.42 Å². The van der Waals surface area contributed by atoms with Crippen LogP contribution >= 0.6 is 11.6 Å². The number of piperidine rings is 3. The summed E-state index contributed by atoms with van der Waals surface area (Å²) in [6.07, 6.45) is 1.67. The highest BCUT2D eigenvalue weighted by Gasteiger charge is 2.25. The molecule has 4 aromatic carbocycles. The van der Waals surface area contributed by atoms with E-state index < -0.39 is 60.0 Å². The summed E-state index contributed by atoms with van der Waals surface area (Å²) in [6, 6.07) is 13.4. The molecular formula is C58H84ClN9O5S. The zero-order chi connectivity index (χ0) is 67.1. The van der Waals surface area contributed by atoms with Gasteiger partial charge in [0.05, 0.1) is 60.1 Å². The molecule has 404 valence electrons. The van der Waals surface area contributed by atoms with E-state index in [-0.39, 0.29) is 125 Å². The van der Waals surface area contributed by atoms with Crippen LogP contribution < -0.4 is 52.3 Å². The maximum atomic E-state index is 13.1. The van der Waals surface area contributed by atoms with Crippen molar-refractivity contribution in [2.75, 3.05) is 61.1 Å². The van der Waals surface area contributed by atoms with Crippen molar-refractivity contribution < 1.29 is 43.2 Å². The molecule has 0 amide bonds. The van der Waals surface area contributed by atoms with E-state index in [2.05, 4.69) is 36.6 Å². The summed E-state index contributed by atoms with van der Waals surface area (Å²) in [4.78, 5) is 8.58. The molecule has 5 aromatic rings. The molecule has 8 rings (SSSR count). The highest BCUT2D eigenvalue weighted by molar-refractivity contribution is 7.92. The Bertz CT molecular complexity index is 3440. The zero-order valence-electron chi connectivity index (χ0n) is 59.3. The van der Waals surface area contributed by atoms with Crippen molar-refractivity contribution in [3.8, 4) is 17.2 Å². The van der Waals surface area contributed by atoms with Gasteiger partial charge in [-0.2, -0.15) is 4.98 Å². The Balaban J connectivity index is 0.000000235. The number of nitrogen functional groups attached to an aromatic ring is 2. The van der Waals surface area contributed by atoms with Gasteiger partial charge in [-0.3, -0.25) is 0 Å². The van der Waals surface area contributed by atoms with Crippen molar-refractivity contribution in [3.05, 3.63) is 105 Å². The maximum absolute atomic E-state index is 13.1. The third-order valence-electron chi connectivity index (χ3n) is 12.0.